The number of hydrogen-bond donors (Lipinski definition) is 3. The predicted molar refractivity (Wildman–Crippen MR) is 129 cm³/mol. The van der Waals surface area contributed by atoms with Gasteiger partial charge in [-0.1, -0.05) is 12.1 Å². The molecular formula is C23H29N3O6S. The number of carbonyl (C=O) groups is 1. The van der Waals surface area contributed by atoms with Crippen LogP contribution in [0.15, 0.2) is 42.5 Å². The Morgan fingerprint density at radius 2 is 1.94 bits per heavy atom. The minimum Gasteiger partial charge on any atom is -0.492 e. The molecule has 1 aromatic heterocycles. The number of aliphatic hydroxyl groups excluding tert-OH is 1. The van der Waals surface area contributed by atoms with Crippen LogP contribution in [0.2, 0.25) is 0 Å². The van der Waals surface area contributed by atoms with Crippen LogP contribution in [0.4, 0.5) is 11.4 Å². The van der Waals surface area contributed by atoms with Crippen LogP contribution in [0.5, 0.6) is 5.75 Å². The second-order valence-corrected chi connectivity index (χ2v) is 9.25. The fraction of sp³-hybridized carbons (Fsp3) is 0.348. The molecule has 3 aromatic rings. The van der Waals surface area contributed by atoms with Gasteiger partial charge >= 0.3 is 5.97 Å². The molecule has 0 fully saturated rings. The Labute approximate surface area is 193 Å². The Balaban J connectivity index is 1.73. The van der Waals surface area contributed by atoms with E-state index in [-0.39, 0.29) is 12.6 Å². The molecule has 0 saturated heterocycles. The van der Waals surface area contributed by atoms with Crippen molar-refractivity contribution in [3.05, 3.63) is 53.7 Å². The molecule has 10 heteroatoms. The van der Waals surface area contributed by atoms with E-state index in [9.17, 15) is 18.3 Å². The highest BCUT2D eigenvalue weighted by atomic mass is 32.2. The summed E-state index contributed by atoms with van der Waals surface area (Å²) < 4.78 is 37.0. The molecule has 0 atom stereocenters. The van der Waals surface area contributed by atoms with Crippen LogP contribution in [0.3, 0.4) is 0 Å². The summed E-state index contributed by atoms with van der Waals surface area (Å²) in [6, 6.07) is 12.4. The van der Waals surface area contributed by atoms with Crippen molar-refractivity contribution >= 4 is 38.3 Å². The van der Waals surface area contributed by atoms with E-state index in [0.29, 0.717) is 49.0 Å². The van der Waals surface area contributed by atoms with Gasteiger partial charge in [0.2, 0.25) is 10.0 Å². The summed E-state index contributed by atoms with van der Waals surface area (Å²) in [6.45, 7) is 4.81. The van der Waals surface area contributed by atoms with Crippen molar-refractivity contribution in [2.45, 2.75) is 13.8 Å². The highest BCUT2D eigenvalue weighted by Crippen LogP contribution is 2.28. The number of aryl methyl sites for hydroxylation is 1. The van der Waals surface area contributed by atoms with E-state index in [4.69, 9.17) is 9.47 Å². The molecule has 0 spiro atoms. The highest BCUT2D eigenvalue weighted by Gasteiger charge is 2.18. The summed E-state index contributed by atoms with van der Waals surface area (Å²) in [6.07, 6.45) is 1.09. The molecule has 0 aliphatic carbocycles. The molecule has 9 nitrogen and oxygen atoms in total. The number of rotatable bonds is 11. The Bertz CT molecular complexity index is 1220. The van der Waals surface area contributed by atoms with E-state index in [1.807, 2.05) is 24.0 Å². The minimum absolute atomic E-state index is 0.0996. The Morgan fingerprint density at radius 1 is 1.18 bits per heavy atom. The third-order valence-corrected chi connectivity index (χ3v) is 5.57. The van der Waals surface area contributed by atoms with Gasteiger partial charge in [-0.2, -0.15) is 0 Å². The smallest absolute Gasteiger partial charge is 0.340 e. The molecule has 0 aliphatic rings. The molecular weight excluding hydrogens is 446 g/mol. The third-order valence-electron chi connectivity index (χ3n) is 4.98. The van der Waals surface area contributed by atoms with Crippen LogP contribution in [0.1, 0.15) is 23.0 Å². The van der Waals surface area contributed by atoms with E-state index in [2.05, 4.69) is 9.71 Å². The standard InChI is InChI=1S/C23H29N3O6S/c1-4-31-23(28)22-16(2)24-20-15-17(9-10-18(20)22)32-14-12-26(11-13-27)21-8-6-5-7-19(21)25-33(3,29)30/h5-10,15,24-25,27H,4,11-14H2,1-3H3. The molecule has 178 valence electrons. The van der Waals surface area contributed by atoms with E-state index in [0.717, 1.165) is 22.9 Å². The molecule has 2 aromatic carbocycles. The van der Waals surface area contributed by atoms with Gasteiger partial charge in [-0.05, 0) is 38.1 Å². The molecule has 0 bridgehead atoms. The third kappa shape index (κ3) is 6.17. The van der Waals surface area contributed by atoms with Crippen LogP contribution >= 0.6 is 0 Å². The number of esters is 1. The summed E-state index contributed by atoms with van der Waals surface area (Å²) in [5, 5.41) is 10.3. The second-order valence-electron chi connectivity index (χ2n) is 7.50. The largest absolute Gasteiger partial charge is 0.492 e. The summed E-state index contributed by atoms with van der Waals surface area (Å²) in [5.41, 5.74) is 3.09. The van der Waals surface area contributed by atoms with Crippen molar-refractivity contribution in [1.82, 2.24) is 4.98 Å². The van der Waals surface area contributed by atoms with Crippen LogP contribution in [-0.4, -0.2) is 63.6 Å². The van der Waals surface area contributed by atoms with Crippen molar-refractivity contribution in [3.63, 3.8) is 0 Å². The van der Waals surface area contributed by atoms with Gasteiger partial charge in [0.1, 0.15) is 12.4 Å². The Hall–Kier alpha value is -3.24. The summed E-state index contributed by atoms with van der Waals surface area (Å²) in [7, 11) is -3.45. The maximum absolute atomic E-state index is 12.2. The van der Waals surface area contributed by atoms with Crippen LogP contribution in [-0.2, 0) is 14.8 Å². The number of hydrogen-bond acceptors (Lipinski definition) is 7. The molecule has 0 unspecified atom stereocenters. The number of aromatic amines is 1. The number of sulfonamides is 1. The Kier molecular flexibility index (Phi) is 7.83. The number of fused-ring (bicyclic) bond motifs is 1. The highest BCUT2D eigenvalue weighted by molar-refractivity contribution is 7.92. The van der Waals surface area contributed by atoms with Gasteiger partial charge in [0, 0.05) is 23.7 Å². The first-order valence-electron chi connectivity index (χ1n) is 10.6. The number of H-pyrrole nitrogens is 1. The zero-order chi connectivity index (χ0) is 24.0. The number of carbonyl (C=O) groups excluding carboxylic acids is 1. The number of ether oxygens (including phenoxy) is 2. The molecule has 0 amide bonds. The topological polar surface area (TPSA) is 121 Å². The molecule has 33 heavy (non-hydrogen) atoms. The summed E-state index contributed by atoms with van der Waals surface area (Å²) >= 11 is 0. The first kappa shape index (κ1) is 24.4. The van der Waals surface area contributed by atoms with Crippen molar-refractivity contribution < 1.29 is 27.8 Å². The zero-order valence-electron chi connectivity index (χ0n) is 18.9. The fourth-order valence-electron chi connectivity index (χ4n) is 3.65. The van der Waals surface area contributed by atoms with Gasteiger partial charge in [0.05, 0.1) is 48.5 Å². The maximum Gasteiger partial charge on any atom is 0.340 e. The average molecular weight is 476 g/mol. The number of nitrogens with one attached hydrogen (secondary N) is 2. The number of nitrogens with zero attached hydrogens (tertiary/aromatic N) is 1. The Morgan fingerprint density at radius 3 is 2.64 bits per heavy atom. The quantitative estimate of drug-likeness (QED) is 0.365. The summed E-state index contributed by atoms with van der Waals surface area (Å²) in [4.78, 5) is 17.3. The van der Waals surface area contributed by atoms with Gasteiger partial charge in [0.25, 0.3) is 0 Å². The van der Waals surface area contributed by atoms with E-state index >= 15 is 0 Å². The molecule has 3 N–H and O–H groups in total. The van der Waals surface area contributed by atoms with Crippen LogP contribution in [0, 0.1) is 6.92 Å². The van der Waals surface area contributed by atoms with Crippen molar-refractivity contribution in [2.24, 2.45) is 0 Å². The lowest BCUT2D eigenvalue weighted by molar-refractivity contribution is 0.0528. The average Bonchev–Trinajstić information content (AvgIpc) is 3.07. The summed E-state index contributed by atoms with van der Waals surface area (Å²) in [5.74, 6) is 0.251. The minimum atomic E-state index is -3.45. The first-order valence-corrected chi connectivity index (χ1v) is 12.5. The molecule has 1 heterocycles. The molecule has 0 aliphatic heterocycles. The number of para-hydroxylation sites is 2. The van der Waals surface area contributed by atoms with E-state index in [1.54, 1.807) is 37.3 Å². The van der Waals surface area contributed by atoms with Gasteiger partial charge in [-0.3, -0.25) is 4.72 Å². The monoisotopic (exact) mass is 475 g/mol. The van der Waals surface area contributed by atoms with Gasteiger partial charge in [-0.15, -0.1) is 0 Å². The molecule has 0 saturated carbocycles. The lowest BCUT2D eigenvalue weighted by Crippen LogP contribution is -2.32. The van der Waals surface area contributed by atoms with E-state index < -0.39 is 10.0 Å². The molecule has 0 radical (unpaired) electrons. The van der Waals surface area contributed by atoms with Crippen LogP contribution in [0.25, 0.3) is 10.9 Å². The first-order chi connectivity index (χ1) is 15.7. The lowest BCUT2D eigenvalue weighted by atomic mass is 10.1. The number of aliphatic hydroxyl groups is 1. The van der Waals surface area contributed by atoms with Gasteiger partial charge in [0.15, 0.2) is 0 Å². The number of anilines is 2. The molecule has 3 rings (SSSR count). The van der Waals surface area contributed by atoms with E-state index in [1.165, 1.54) is 0 Å². The van der Waals surface area contributed by atoms with Crippen molar-refractivity contribution in [2.75, 3.05) is 48.8 Å². The number of aromatic nitrogens is 1. The van der Waals surface area contributed by atoms with Gasteiger partial charge in [-0.25, -0.2) is 13.2 Å². The maximum atomic E-state index is 12.2. The lowest BCUT2D eigenvalue weighted by Gasteiger charge is -2.26. The SMILES string of the molecule is CCOC(=O)c1c(C)[nH]c2cc(OCCN(CCO)c3ccccc3NS(C)(=O)=O)ccc12. The second kappa shape index (κ2) is 10.6. The van der Waals surface area contributed by atoms with Crippen molar-refractivity contribution in [1.29, 1.82) is 0 Å². The zero-order valence-corrected chi connectivity index (χ0v) is 19.7. The van der Waals surface area contributed by atoms with Gasteiger partial charge < -0.3 is 24.5 Å². The van der Waals surface area contributed by atoms with Crippen molar-refractivity contribution in [3.8, 4) is 5.75 Å². The predicted octanol–water partition coefficient (Wildman–Crippen LogP) is 2.90. The fourth-order valence-corrected chi connectivity index (χ4v) is 4.22. The van der Waals surface area contributed by atoms with Crippen LogP contribution < -0.4 is 14.4 Å². The normalized spacial score (nSPS) is 11.4. The number of benzene rings is 2.